The van der Waals surface area contributed by atoms with Crippen LogP contribution in [0.5, 0.6) is 0 Å². The lowest BCUT2D eigenvalue weighted by Gasteiger charge is -2.47. The maximum Gasteiger partial charge on any atom is 0.605 e. The topological polar surface area (TPSA) is 111 Å². The number of quaternary nitrogens is 1. The van der Waals surface area contributed by atoms with Gasteiger partial charge in [-0.1, -0.05) is 37.0 Å². The summed E-state index contributed by atoms with van der Waals surface area (Å²) in [5.41, 5.74) is 0.147. The Morgan fingerprint density at radius 1 is 1.15 bits per heavy atom. The zero-order valence-electron chi connectivity index (χ0n) is 18.6. The molecule has 0 saturated carbocycles. The lowest BCUT2D eigenvalue weighted by Crippen LogP contribution is -2.73. The second-order valence-electron chi connectivity index (χ2n) is 9.54. The standard InChI is InChI=1S/C21H26BCl2N3O6/c1-11(2)8-17(22-27(3)15(20(30)32-22)6-7-16(27)21(31)33-22)26-18(28)10-25-19(29)13-9-12(23)4-5-14(13)24/h4-5,9,11,15-17H,6-8,10H2,1-3H3,(H,25,29)(H,26,28)/t15-,16+,17-,22?,27?/m0/s1. The summed E-state index contributed by atoms with van der Waals surface area (Å²) >= 11 is 12.0. The molecule has 5 atom stereocenters. The molecule has 3 aliphatic rings. The quantitative estimate of drug-likeness (QED) is 0.556. The van der Waals surface area contributed by atoms with Gasteiger partial charge in [0.25, 0.3) is 5.91 Å². The van der Waals surface area contributed by atoms with Gasteiger partial charge in [0.15, 0.2) is 0 Å². The number of rotatable bonds is 7. The van der Waals surface area contributed by atoms with Gasteiger partial charge < -0.3 is 24.3 Å². The van der Waals surface area contributed by atoms with E-state index in [9.17, 15) is 19.2 Å². The first-order valence-electron chi connectivity index (χ1n) is 11.0. The highest BCUT2D eigenvalue weighted by Crippen LogP contribution is 2.51. The number of benzene rings is 1. The van der Waals surface area contributed by atoms with Gasteiger partial charge in [-0.3, -0.25) is 9.59 Å². The Bertz CT molecular complexity index is 1010. The molecule has 0 aromatic heterocycles. The number of halogens is 2. The fourth-order valence-corrected chi connectivity index (χ4v) is 5.98. The Morgan fingerprint density at radius 2 is 1.76 bits per heavy atom. The molecule has 1 aromatic carbocycles. The van der Waals surface area contributed by atoms with E-state index < -0.39 is 48.5 Å². The minimum atomic E-state index is -2.49. The molecule has 178 valence electrons. The minimum absolute atomic E-state index is 0.0415. The molecule has 3 aliphatic heterocycles. The number of nitrogens with one attached hydrogen (secondary N) is 2. The molecule has 2 unspecified atom stereocenters. The Balaban J connectivity index is 1.52. The van der Waals surface area contributed by atoms with Crippen LogP contribution < -0.4 is 10.6 Å². The van der Waals surface area contributed by atoms with Gasteiger partial charge in [-0.15, -0.1) is 0 Å². The molecule has 9 nitrogen and oxygen atoms in total. The Morgan fingerprint density at radius 3 is 2.33 bits per heavy atom. The van der Waals surface area contributed by atoms with E-state index >= 15 is 0 Å². The Hall–Kier alpha value is -2.30. The lowest BCUT2D eigenvalue weighted by atomic mass is 9.57. The van der Waals surface area contributed by atoms with Gasteiger partial charge in [0, 0.05) is 24.9 Å². The summed E-state index contributed by atoms with van der Waals surface area (Å²) in [6, 6.07) is 3.49. The molecule has 0 aliphatic carbocycles. The molecule has 2 N–H and O–H groups in total. The van der Waals surface area contributed by atoms with Crippen molar-refractivity contribution in [2.24, 2.45) is 5.92 Å². The Kier molecular flexibility index (Phi) is 6.13. The molecule has 3 fully saturated rings. The van der Waals surface area contributed by atoms with Crippen molar-refractivity contribution in [2.75, 3.05) is 13.6 Å². The average molecular weight is 498 g/mol. The fraction of sp³-hybridized carbons (Fsp3) is 0.524. The zero-order chi connectivity index (χ0) is 24.1. The van der Waals surface area contributed by atoms with Gasteiger partial charge in [0.1, 0.15) is 12.1 Å². The molecule has 3 saturated heterocycles. The van der Waals surface area contributed by atoms with Crippen molar-refractivity contribution >= 4 is 53.6 Å². The molecule has 0 radical (unpaired) electrons. The van der Waals surface area contributed by atoms with E-state index in [4.69, 9.17) is 32.5 Å². The third-order valence-electron chi connectivity index (χ3n) is 7.11. The maximum atomic E-state index is 12.8. The summed E-state index contributed by atoms with van der Waals surface area (Å²) in [4.78, 5) is 50.7. The smallest absolute Gasteiger partial charge is 0.599 e. The molecule has 1 aromatic rings. The average Bonchev–Trinajstić information content (AvgIpc) is 3.28. The molecule has 4 rings (SSSR count). The predicted molar refractivity (Wildman–Crippen MR) is 121 cm³/mol. The highest BCUT2D eigenvalue weighted by Gasteiger charge is 2.78. The first-order valence-corrected chi connectivity index (χ1v) is 11.7. The lowest BCUT2D eigenvalue weighted by molar-refractivity contribution is -0.829. The second-order valence-corrected chi connectivity index (χ2v) is 10.4. The number of nitrogens with zero attached hydrogens (tertiary/aromatic N) is 1. The Labute approximate surface area is 201 Å². The number of carbonyl (C=O) groups is 4. The zero-order valence-corrected chi connectivity index (χ0v) is 20.1. The fourth-order valence-electron chi connectivity index (χ4n) is 5.60. The van der Waals surface area contributed by atoms with Crippen molar-refractivity contribution < 1.29 is 32.9 Å². The molecular weight excluding hydrogens is 472 g/mol. The van der Waals surface area contributed by atoms with E-state index in [1.165, 1.54) is 12.1 Å². The van der Waals surface area contributed by atoms with Gasteiger partial charge in [-0.2, -0.15) is 0 Å². The van der Waals surface area contributed by atoms with Crippen LogP contribution in [-0.2, 0) is 23.7 Å². The summed E-state index contributed by atoms with van der Waals surface area (Å²) in [6.07, 6.45) is 1.50. The molecule has 33 heavy (non-hydrogen) atoms. The number of carbonyl (C=O) groups excluding carboxylic acids is 4. The maximum absolute atomic E-state index is 12.8. The molecule has 3 heterocycles. The van der Waals surface area contributed by atoms with Crippen LogP contribution in [0.15, 0.2) is 18.2 Å². The van der Waals surface area contributed by atoms with Crippen LogP contribution in [0.3, 0.4) is 0 Å². The van der Waals surface area contributed by atoms with Crippen LogP contribution in [0.2, 0.25) is 10.0 Å². The van der Waals surface area contributed by atoms with E-state index in [-0.39, 0.29) is 27.4 Å². The normalized spacial score (nSPS) is 30.6. The van der Waals surface area contributed by atoms with Crippen LogP contribution in [0.25, 0.3) is 0 Å². The van der Waals surface area contributed by atoms with Crippen LogP contribution in [0.1, 0.15) is 43.5 Å². The van der Waals surface area contributed by atoms with Crippen LogP contribution in [0, 0.1) is 5.92 Å². The van der Waals surface area contributed by atoms with Crippen molar-refractivity contribution in [2.45, 2.75) is 51.1 Å². The molecule has 0 bridgehead atoms. The van der Waals surface area contributed by atoms with Crippen molar-refractivity contribution in [1.82, 2.24) is 10.6 Å². The first-order chi connectivity index (χ1) is 15.5. The van der Waals surface area contributed by atoms with Crippen LogP contribution in [0.4, 0.5) is 0 Å². The third kappa shape index (κ3) is 3.78. The van der Waals surface area contributed by atoms with Crippen molar-refractivity contribution in [3.63, 3.8) is 0 Å². The van der Waals surface area contributed by atoms with Gasteiger partial charge in [0.2, 0.25) is 5.91 Å². The van der Waals surface area contributed by atoms with E-state index in [0.29, 0.717) is 24.3 Å². The van der Waals surface area contributed by atoms with Crippen molar-refractivity contribution in [1.29, 1.82) is 0 Å². The van der Waals surface area contributed by atoms with E-state index in [2.05, 4.69) is 10.6 Å². The summed E-state index contributed by atoms with van der Waals surface area (Å²) in [7, 11) is 1.81. The third-order valence-corrected chi connectivity index (χ3v) is 7.67. The monoisotopic (exact) mass is 497 g/mol. The summed E-state index contributed by atoms with van der Waals surface area (Å²) in [5, 5.41) is 5.93. The minimum Gasteiger partial charge on any atom is -0.599 e. The number of hydrogen-bond donors (Lipinski definition) is 2. The van der Waals surface area contributed by atoms with E-state index in [0.717, 1.165) is 0 Å². The van der Waals surface area contributed by atoms with Gasteiger partial charge in [-0.25, -0.2) is 9.59 Å². The molecule has 12 heteroatoms. The SMILES string of the molecule is CC(C)C[C@H](NC(=O)CNC(=O)c1cc(Cl)ccc1Cl)[B-]12OC(=O)[C@H]3CC[C@@H](C(=O)O1)[N+]32C. The van der Waals surface area contributed by atoms with Gasteiger partial charge in [-0.05, 0) is 30.5 Å². The number of likely N-dealkylation sites (N-methyl/N-ethyl adjacent to an activating group) is 1. The highest BCUT2D eigenvalue weighted by atomic mass is 35.5. The highest BCUT2D eigenvalue weighted by molar-refractivity contribution is 6.68. The van der Waals surface area contributed by atoms with Gasteiger partial charge in [0.05, 0.1) is 23.1 Å². The van der Waals surface area contributed by atoms with Gasteiger partial charge >= 0.3 is 18.6 Å². The summed E-state index contributed by atoms with van der Waals surface area (Å²) < 4.78 is 11.6. The summed E-state index contributed by atoms with van der Waals surface area (Å²) in [6.45, 7) is 1.08. The second kappa shape index (κ2) is 8.49. The molecular formula is C21H26BCl2N3O6. The first kappa shape index (κ1) is 23.8. The van der Waals surface area contributed by atoms with E-state index in [1.807, 2.05) is 13.8 Å². The van der Waals surface area contributed by atoms with Crippen LogP contribution in [-0.4, -0.2) is 66.5 Å². The number of amides is 2. The van der Waals surface area contributed by atoms with Crippen molar-refractivity contribution in [3.8, 4) is 0 Å². The van der Waals surface area contributed by atoms with Crippen molar-refractivity contribution in [3.05, 3.63) is 33.8 Å². The number of hydrogen-bond acceptors (Lipinski definition) is 6. The van der Waals surface area contributed by atoms with E-state index in [1.54, 1.807) is 13.1 Å². The van der Waals surface area contributed by atoms with Crippen LogP contribution >= 0.6 is 23.2 Å². The molecule has 0 spiro atoms. The predicted octanol–water partition coefficient (Wildman–Crippen LogP) is 1.82. The largest absolute Gasteiger partial charge is 0.605 e. The summed E-state index contributed by atoms with van der Waals surface area (Å²) in [5.74, 6) is -2.49. The molecule has 2 amide bonds.